The van der Waals surface area contributed by atoms with Crippen LogP contribution < -0.4 is 5.73 Å². The summed E-state index contributed by atoms with van der Waals surface area (Å²) in [4.78, 5) is 13.9. The number of nitrogens with two attached hydrogens (primary N) is 1. The van der Waals surface area contributed by atoms with Crippen molar-refractivity contribution in [1.82, 2.24) is 4.90 Å². The van der Waals surface area contributed by atoms with Crippen molar-refractivity contribution < 1.29 is 9.53 Å². The smallest absolute Gasteiger partial charge is 0.239 e. The summed E-state index contributed by atoms with van der Waals surface area (Å²) in [5.41, 5.74) is 5.87. The molecule has 2 rings (SSSR count). The Morgan fingerprint density at radius 3 is 2.33 bits per heavy atom. The van der Waals surface area contributed by atoms with Crippen LogP contribution in [0.1, 0.15) is 26.7 Å². The van der Waals surface area contributed by atoms with Crippen LogP contribution in [-0.2, 0) is 9.53 Å². The maximum atomic E-state index is 12.0. The summed E-state index contributed by atoms with van der Waals surface area (Å²) in [7, 11) is 0. The van der Waals surface area contributed by atoms with E-state index in [1.165, 1.54) is 0 Å². The highest BCUT2D eigenvalue weighted by Crippen LogP contribution is 2.26. The Bertz CT molecular complexity index is 243. The summed E-state index contributed by atoms with van der Waals surface area (Å²) in [5.74, 6) is 0.295. The van der Waals surface area contributed by atoms with Gasteiger partial charge < -0.3 is 15.4 Å². The van der Waals surface area contributed by atoms with Crippen LogP contribution in [0.25, 0.3) is 0 Å². The molecule has 2 unspecified atom stereocenters. The molecule has 86 valence electrons. The third-order valence-corrected chi connectivity index (χ3v) is 3.36. The average molecular weight is 212 g/mol. The molecule has 2 N–H and O–H groups in total. The summed E-state index contributed by atoms with van der Waals surface area (Å²) in [6.07, 6.45) is 2.69. The number of hydrogen-bond acceptors (Lipinski definition) is 3. The van der Waals surface area contributed by atoms with Gasteiger partial charge in [0.1, 0.15) is 0 Å². The number of fused-ring (bicyclic) bond motifs is 2. The van der Waals surface area contributed by atoms with Gasteiger partial charge in [-0.1, -0.05) is 13.8 Å². The molecule has 0 aromatic heterocycles. The molecule has 2 saturated heterocycles. The predicted molar refractivity (Wildman–Crippen MR) is 57.3 cm³/mol. The Kier molecular flexibility index (Phi) is 2.98. The highest BCUT2D eigenvalue weighted by atomic mass is 16.5. The molecule has 4 nitrogen and oxygen atoms in total. The number of likely N-dealkylation sites (tertiary alicyclic amines) is 1. The molecule has 2 aliphatic heterocycles. The number of morpholine rings is 1. The van der Waals surface area contributed by atoms with Crippen molar-refractivity contribution in [1.29, 1.82) is 0 Å². The van der Waals surface area contributed by atoms with Crippen molar-refractivity contribution in [2.24, 2.45) is 11.7 Å². The van der Waals surface area contributed by atoms with Gasteiger partial charge in [-0.2, -0.15) is 0 Å². The summed E-state index contributed by atoms with van der Waals surface area (Å²) < 4.78 is 5.68. The van der Waals surface area contributed by atoms with E-state index in [2.05, 4.69) is 0 Å². The minimum absolute atomic E-state index is 0.0881. The Balaban J connectivity index is 1.96. The van der Waals surface area contributed by atoms with Gasteiger partial charge in [-0.3, -0.25) is 4.79 Å². The predicted octanol–water partition coefficient (Wildman–Crippen LogP) is 0.359. The van der Waals surface area contributed by atoms with Crippen molar-refractivity contribution in [3.8, 4) is 0 Å². The second-order valence-corrected chi connectivity index (χ2v) is 4.97. The van der Waals surface area contributed by atoms with Gasteiger partial charge in [0.25, 0.3) is 0 Å². The summed E-state index contributed by atoms with van der Waals surface area (Å²) in [5, 5.41) is 0. The molecule has 2 bridgehead atoms. The van der Waals surface area contributed by atoms with E-state index in [4.69, 9.17) is 10.5 Å². The third kappa shape index (κ3) is 2.16. The number of hydrogen-bond donors (Lipinski definition) is 1. The largest absolute Gasteiger partial charge is 0.371 e. The molecular formula is C11H20N2O2. The van der Waals surface area contributed by atoms with Crippen LogP contribution in [0.4, 0.5) is 0 Å². The van der Waals surface area contributed by atoms with Crippen LogP contribution in [0, 0.1) is 5.92 Å². The number of carbonyl (C=O) groups excluding carboxylic acids is 1. The van der Waals surface area contributed by atoms with Crippen molar-refractivity contribution in [2.45, 2.75) is 44.9 Å². The molecule has 0 radical (unpaired) electrons. The van der Waals surface area contributed by atoms with Crippen LogP contribution >= 0.6 is 0 Å². The van der Waals surface area contributed by atoms with Gasteiger partial charge in [-0.15, -0.1) is 0 Å². The Morgan fingerprint density at radius 1 is 1.33 bits per heavy atom. The second-order valence-electron chi connectivity index (χ2n) is 4.97. The van der Waals surface area contributed by atoms with Gasteiger partial charge in [0.2, 0.25) is 5.91 Å². The fourth-order valence-corrected chi connectivity index (χ4v) is 2.29. The molecule has 2 heterocycles. The molecule has 0 aliphatic carbocycles. The first kappa shape index (κ1) is 10.9. The fourth-order valence-electron chi connectivity index (χ4n) is 2.29. The molecule has 0 spiro atoms. The molecule has 1 amide bonds. The number of nitrogens with zero attached hydrogens (tertiary/aromatic N) is 1. The maximum Gasteiger partial charge on any atom is 0.239 e. The maximum absolute atomic E-state index is 12.0. The fraction of sp³-hybridized carbons (Fsp3) is 0.909. The van der Waals surface area contributed by atoms with Gasteiger partial charge >= 0.3 is 0 Å². The molecule has 3 atom stereocenters. The van der Waals surface area contributed by atoms with E-state index in [-0.39, 0.29) is 30.1 Å². The van der Waals surface area contributed by atoms with E-state index < -0.39 is 0 Å². The number of rotatable bonds is 2. The monoisotopic (exact) mass is 212 g/mol. The number of carbonyl (C=O) groups is 1. The van der Waals surface area contributed by atoms with E-state index in [0.717, 1.165) is 25.9 Å². The highest BCUT2D eigenvalue weighted by molar-refractivity contribution is 5.82. The lowest BCUT2D eigenvalue weighted by molar-refractivity contribution is -0.142. The first-order valence-electron chi connectivity index (χ1n) is 5.77. The highest BCUT2D eigenvalue weighted by Gasteiger charge is 2.37. The Morgan fingerprint density at radius 2 is 1.87 bits per heavy atom. The van der Waals surface area contributed by atoms with Crippen LogP contribution in [0.15, 0.2) is 0 Å². The van der Waals surface area contributed by atoms with Crippen LogP contribution in [0.2, 0.25) is 0 Å². The van der Waals surface area contributed by atoms with Crippen LogP contribution in [-0.4, -0.2) is 42.1 Å². The van der Waals surface area contributed by atoms with E-state index in [1.54, 1.807) is 0 Å². The third-order valence-electron chi connectivity index (χ3n) is 3.36. The SMILES string of the molecule is CC(C)[C@H](N)C(=O)N1CC2CCC(C1)O2. The molecule has 0 saturated carbocycles. The van der Waals surface area contributed by atoms with Gasteiger partial charge in [-0.05, 0) is 18.8 Å². The zero-order valence-electron chi connectivity index (χ0n) is 9.48. The number of amides is 1. The van der Waals surface area contributed by atoms with Crippen LogP contribution in [0.5, 0.6) is 0 Å². The Labute approximate surface area is 90.8 Å². The number of ether oxygens (including phenoxy) is 1. The second kappa shape index (κ2) is 4.10. The molecule has 0 aromatic carbocycles. The standard InChI is InChI=1S/C11H20N2O2/c1-7(2)10(12)11(14)13-5-8-3-4-9(6-13)15-8/h7-10H,3-6,12H2,1-2H3/t8?,9?,10-/m0/s1. The summed E-state index contributed by atoms with van der Waals surface area (Å²) in [6.45, 7) is 5.43. The minimum atomic E-state index is -0.359. The van der Waals surface area contributed by atoms with Gasteiger partial charge in [-0.25, -0.2) is 0 Å². The van der Waals surface area contributed by atoms with Crippen molar-refractivity contribution >= 4 is 5.91 Å². The lowest BCUT2D eigenvalue weighted by atomic mass is 10.0. The van der Waals surface area contributed by atoms with Gasteiger partial charge in [0.05, 0.1) is 18.2 Å². The minimum Gasteiger partial charge on any atom is -0.371 e. The van der Waals surface area contributed by atoms with E-state index >= 15 is 0 Å². The molecule has 4 heteroatoms. The van der Waals surface area contributed by atoms with Crippen molar-refractivity contribution in [3.05, 3.63) is 0 Å². The van der Waals surface area contributed by atoms with Crippen molar-refractivity contribution in [2.75, 3.05) is 13.1 Å². The first-order chi connectivity index (χ1) is 7.08. The normalized spacial score (nSPS) is 32.1. The van der Waals surface area contributed by atoms with E-state index in [1.807, 2.05) is 18.7 Å². The zero-order valence-corrected chi connectivity index (χ0v) is 9.48. The molecule has 2 aliphatic rings. The summed E-state index contributed by atoms with van der Waals surface area (Å²) >= 11 is 0. The molecule has 2 fully saturated rings. The van der Waals surface area contributed by atoms with E-state index in [0.29, 0.717) is 0 Å². The summed E-state index contributed by atoms with van der Waals surface area (Å²) in [6, 6.07) is -0.359. The first-order valence-corrected chi connectivity index (χ1v) is 5.77. The molecule has 0 aromatic rings. The topological polar surface area (TPSA) is 55.6 Å². The van der Waals surface area contributed by atoms with Gasteiger partial charge in [0.15, 0.2) is 0 Å². The lowest BCUT2D eigenvalue weighted by Crippen LogP contribution is -2.53. The Hall–Kier alpha value is -0.610. The quantitative estimate of drug-likeness (QED) is 0.719. The molecule has 15 heavy (non-hydrogen) atoms. The lowest BCUT2D eigenvalue weighted by Gasteiger charge is -2.34. The molecular weight excluding hydrogens is 192 g/mol. The van der Waals surface area contributed by atoms with E-state index in [9.17, 15) is 4.79 Å². The van der Waals surface area contributed by atoms with Gasteiger partial charge in [0, 0.05) is 13.1 Å². The average Bonchev–Trinajstić information content (AvgIpc) is 2.55. The zero-order chi connectivity index (χ0) is 11.0. The van der Waals surface area contributed by atoms with Crippen LogP contribution in [0.3, 0.4) is 0 Å². The van der Waals surface area contributed by atoms with Crippen molar-refractivity contribution in [3.63, 3.8) is 0 Å².